The third-order valence-corrected chi connectivity index (χ3v) is 6.26. The smallest absolute Gasteiger partial charge is 0.340 e. The largest absolute Gasteiger partial charge is 0.495 e. The Morgan fingerprint density at radius 3 is 2.34 bits per heavy atom. The van der Waals surface area contributed by atoms with Gasteiger partial charge in [0.15, 0.2) is 0 Å². The molecule has 178 valence electrons. The summed E-state index contributed by atoms with van der Waals surface area (Å²) in [4.78, 5) is 42.1. The van der Waals surface area contributed by atoms with Gasteiger partial charge in [0.05, 0.1) is 30.7 Å². The zero-order valence-corrected chi connectivity index (χ0v) is 20.1. The summed E-state index contributed by atoms with van der Waals surface area (Å²) in [6.45, 7) is 2.13. The number of ether oxygens (including phenoxy) is 2. The van der Waals surface area contributed by atoms with E-state index < -0.39 is 17.8 Å². The van der Waals surface area contributed by atoms with E-state index in [1.807, 2.05) is 43.3 Å². The van der Waals surface area contributed by atoms with Gasteiger partial charge in [-0.15, -0.1) is 0 Å². The molecule has 0 fully saturated rings. The van der Waals surface area contributed by atoms with Gasteiger partial charge in [0.2, 0.25) is 0 Å². The summed E-state index contributed by atoms with van der Waals surface area (Å²) >= 11 is 1.18. The van der Waals surface area contributed by atoms with Crippen LogP contribution in [0.3, 0.4) is 0 Å². The van der Waals surface area contributed by atoms with Crippen LogP contribution in [0.4, 0.5) is 11.4 Å². The van der Waals surface area contributed by atoms with E-state index in [2.05, 4.69) is 5.32 Å². The molecule has 0 atom stereocenters. The molecule has 1 aliphatic rings. The molecule has 0 saturated carbocycles. The van der Waals surface area contributed by atoms with E-state index in [1.54, 1.807) is 42.5 Å². The average molecular weight is 489 g/mol. The fourth-order valence-corrected chi connectivity index (χ4v) is 4.48. The van der Waals surface area contributed by atoms with Crippen molar-refractivity contribution in [3.63, 3.8) is 0 Å². The molecular weight excluding hydrogens is 464 g/mol. The van der Waals surface area contributed by atoms with Crippen molar-refractivity contribution in [2.75, 3.05) is 23.9 Å². The summed E-state index contributed by atoms with van der Waals surface area (Å²) in [7, 11) is 1.53. The first kappa shape index (κ1) is 24.1. The summed E-state index contributed by atoms with van der Waals surface area (Å²) in [6.07, 6.45) is 0.655. The molecule has 8 heteroatoms. The summed E-state index contributed by atoms with van der Waals surface area (Å²) in [5.74, 6) is -1.18. The SMILES string of the molecule is CCCOC(=O)c1ccccc1N1C(=O)C(Nc2ccccc2OC)=C(Sc2ccccc2)C1=O. The number of nitrogens with zero attached hydrogens (tertiary/aromatic N) is 1. The number of amides is 2. The van der Waals surface area contributed by atoms with E-state index >= 15 is 0 Å². The minimum Gasteiger partial charge on any atom is -0.495 e. The molecule has 0 unspecified atom stereocenters. The molecule has 1 N–H and O–H groups in total. The standard InChI is InChI=1S/C27H24N2O5S/c1-3-17-34-27(32)19-13-7-9-15-21(19)29-25(30)23(28-20-14-8-10-16-22(20)33-2)24(26(29)31)35-18-11-5-4-6-12-18/h4-16,28H,3,17H2,1-2H3. The summed E-state index contributed by atoms with van der Waals surface area (Å²) in [6, 6.07) is 22.9. The van der Waals surface area contributed by atoms with E-state index in [9.17, 15) is 14.4 Å². The first-order valence-electron chi connectivity index (χ1n) is 11.1. The zero-order chi connectivity index (χ0) is 24.8. The van der Waals surface area contributed by atoms with Crippen LogP contribution in [0, 0.1) is 0 Å². The number of thioether (sulfide) groups is 1. The quantitative estimate of drug-likeness (QED) is 0.325. The normalized spacial score (nSPS) is 13.3. The molecule has 0 saturated heterocycles. The fourth-order valence-electron chi connectivity index (χ4n) is 3.54. The van der Waals surface area contributed by atoms with Crippen LogP contribution in [0.25, 0.3) is 0 Å². The summed E-state index contributed by atoms with van der Waals surface area (Å²) < 4.78 is 10.7. The molecule has 7 nitrogen and oxygen atoms in total. The number of methoxy groups -OCH3 is 1. The lowest BCUT2D eigenvalue weighted by Crippen LogP contribution is -2.33. The Morgan fingerprint density at radius 1 is 0.914 bits per heavy atom. The Morgan fingerprint density at radius 2 is 1.60 bits per heavy atom. The Labute approximate surface area is 207 Å². The lowest BCUT2D eigenvalue weighted by molar-refractivity contribution is -0.120. The van der Waals surface area contributed by atoms with Crippen LogP contribution in [0.2, 0.25) is 0 Å². The van der Waals surface area contributed by atoms with E-state index in [0.717, 1.165) is 9.80 Å². The number of nitrogens with one attached hydrogen (secondary N) is 1. The first-order valence-corrected chi connectivity index (χ1v) is 11.9. The van der Waals surface area contributed by atoms with Crippen LogP contribution < -0.4 is 15.0 Å². The van der Waals surface area contributed by atoms with Gasteiger partial charge >= 0.3 is 5.97 Å². The van der Waals surface area contributed by atoms with Gasteiger partial charge in [0.1, 0.15) is 16.4 Å². The monoisotopic (exact) mass is 488 g/mol. The van der Waals surface area contributed by atoms with Crippen LogP contribution in [-0.4, -0.2) is 31.5 Å². The van der Waals surface area contributed by atoms with Gasteiger partial charge in [0, 0.05) is 4.90 Å². The molecule has 35 heavy (non-hydrogen) atoms. The van der Waals surface area contributed by atoms with Crippen LogP contribution in [0.1, 0.15) is 23.7 Å². The highest BCUT2D eigenvalue weighted by atomic mass is 32.2. The minimum absolute atomic E-state index is 0.102. The Bertz CT molecular complexity index is 1290. The number of hydrogen-bond acceptors (Lipinski definition) is 7. The van der Waals surface area contributed by atoms with E-state index in [1.165, 1.54) is 18.9 Å². The molecule has 0 aliphatic carbocycles. The Kier molecular flexibility index (Phi) is 7.52. The molecule has 1 heterocycles. The van der Waals surface area contributed by atoms with Gasteiger partial charge in [-0.25, -0.2) is 9.69 Å². The van der Waals surface area contributed by atoms with Crippen molar-refractivity contribution in [1.82, 2.24) is 0 Å². The number of para-hydroxylation sites is 3. The molecule has 0 aromatic heterocycles. The average Bonchev–Trinajstić information content (AvgIpc) is 3.12. The molecule has 1 aliphatic heterocycles. The molecule has 2 amide bonds. The lowest BCUT2D eigenvalue weighted by Gasteiger charge is -2.18. The third-order valence-electron chi connectivity index (χ3n) is 5.17. The Balaban J connectivity index is 1.77. The number of anilines is 2. The molecule has 3 aromatic carbocycles. The van der Waals surface area contributed by atoms with E-state index in [4.69, 9.17) is 9.47 Å². The number of esters is 1. The Hall–Kier alpha value is -4.04. The number of hydrogen-bond donors (Lipinski definition) is 1. The second kappa shape index (κ2) is 10.9. The second-order valence-electron chi connectivity index (χ2n) is 7.54. The number of carbonyl (C=O) groups excluding carboxylic acids is 3. The first-order chi connectivity index (χ1) is 17.0. The number of carbonyl (C=O) groups is 3. The highest BCUT2D eigenvalue weighted by Crippen LogP contribution is 2.39. The lowest BCUT2D eigenvalue weighted by atomic mass is 10.1. The topological polar surface area (TPSA) is 84.9 Å². The van der Waals surface area contributed by atoms with Gasteiger partial charge < -0.3 is 14.8 Å². The predicted octanol–water partition coefficient (Wildman–Crippen LogP) is 5.25. The van der Waals surface area contributed by atoms with Gasteiger partial charge in [-0.3, -0.25) is 9.59 Å². The second-order valence-corrected chi connectivity index (χ2v) is 8.63. The van der Waals surface area contributed by atoms with Crippen molar-refractivity contribution in [1.29, 1.82) is 0 Å². The molecule has 4 rings (SSSR count). The molecule has 0 bridgehead atoms. The van der Waals surface area contributed by atoms with Crippen LogP contribution >= 0.6 is 11.8 Å². The van der Waals surface area contributed by atoms with Crippen LogP contribution in [0.15, 0.2) is 94.4 Å². The highest BCUT2D eigenvalue weighted by molar-refractivity contribution is 8.04. The van der Waals surface area contributed by atoms with Crippen molar-refractivity contribution in [3.8, 4) is 5.75 Å². The molecule has 3 aromatic rings. The molecule has 0 spiro atoms. The van der Waals surface area contributed by atoms with Gasteiger partial charge in [-0.1, -0.05) is 61.2 Å². The van der Waals surface area contributed by atoms with Gasteiger partial charge in [-0.2, -0.15) is 0 Å². The van der Waals surface area contributed by atoms with Crippen molar-refractivity contribution in [3.05, 3.63) is 95.0 Å². The molecular formula is C27H24N2O5S. The number of benzene rings is 3. The maximum atomic E-state index is 13.7. The van der Waals surface area contributed by atoms with Crippen LogP contribution in [-0.2, 0) is 14.3 Å². The van der Waals surface area contributed by atoms with Crippen molar-refractivity contribution in [2.24, 2.45) is 0 Å². The van der Waals surface area contributed by atoms with Gasteiger partial charge in [-0.05, 0) is 42.8 Å². The number of imide groups is 1. The van der Waals surface area contributed by atoms with Crippen molar-refractivity contribution >= 4 is 40.9 Å². The van der Waals surface area contributed by atoms with E-state index in [-0.39, 0.29) is 28.5 Å². The summed E-state index contributed by atoms with van der Waals surface area (Å²) in [5, 5.41) is 3.10. The number of rotatable bonds is 9. The minimum atomic E-state index is -0.591. The van der Waals surface area contributed by atoms with E-state index in [0.29, 0.717) is 17.9 Å². The van der Waals surface area contributed by atoms with Crippen molar-refractivity contribution in [2.45, 2.75) is 18.2 Å². The summed E-state index contributed by atoms with van der Waals surface area (Å²) in [5.41, 5.74) is 0.955. The fraction of sp³-hybridized carbons (Fsp3) is 0.148. The zero-order valence-electron chi connectivity index (χ0n) is 19.3. The third kappa shape index (κ3) is 5.07. The maximum absolute atomic E-state index is 13.7. The van der Waals surface area contributed by atoms with Crippen molar-refractivity contribution < 1.29 is 23.9 Å². The highest BCUT2D eigenvalue weighted by Gasteiger charge is 2.42. The van der Waals surface area contributed by atoms with Gasteiger partial charge in [0.25, 0.3) is 11.8 Å². The predicted molar refractivity (Wildman–Crippen MR) is 135 cm³/mol. The molecule has 0 radical (unpaired) electrons. The maximum Gasteiger partial charge on any atom is 0.340 e. The van der Waals surface area contributed by atoms with Crippen LogP contribution in [0.5, 0.6) is 5.75 Å².